The van der Waals surface area contributed by atoms with Gasteiger partial charge in [0, 0.05) is 24.8 Å². The van der Waals surface area contributed by atoms with Crippen molar-refractivity contribution in [2.24, 2.45) is 0 Å². The minimum absolute atomic E-state index is 0.00943. The molecule has 0 radical (unpaired) electrons. The van der Waals surface area contributed by atoms with Gasteiger partial charge in [0.25, 0.3) is 5.91 Å². The number of nitrogens with one attached hydrogen (secondary N) is 1. The fourth-order valence-corrected chi connectivity index (χ4v) is 4.42. The highest BCUT2D eigenvalue weighted by molar-refractivity contribution is 6.01. The molecule has 5 rings (SSSR count). The van der Waals surface area contributed by atoms with E-state index in [4.69, 9.17) is 4.74 Å². The molecule has 1 amide bonds. The van der Waals surface area contributed by atoms with E-state index in [9.17, 15) is 9.90 Å². The largest absolute Gasteiger partial charge is 0.487 e. The number of aliphatic hydroxyl groups excluding tert-OH is 1. The van der Waals surface area contributed by atoms with Crippen LogP contribution in [0.25, 0.3) is 11.1 Å². The highest BCUT2D eigenvalue weighted by atomic mass is 16.5. The molecule has 6 heteroatoms. The lowest BCUT2D eigenvalue weighted by molar-refractivity contribution is 0.00636. The quantitative estimate of drug-likeness (QED) is 0.677. The molecule has 0 bridgehead atoms. The molecule has 2 aromatic carbocycles. The summed E-state index contributed by atoms with van der Waals surface area (Å²) in [5.41, 5.74) is 4.83. The van der Waals surface area contributed by atoms with E-state index in [2.05, 4.69) is 10.2 Å². The molecule has 1 aromatic heterocycles. The van der Waals surface area contributed by atoms with Gasteiger partial charge in [-0.15, -0.1) is 0 Å². The molecule has 30 heavy (non-hydrogen) atoms. The minimum atomic E-state index is -0.462. The van der Waals surface area contributed by atoms with Crippen molar-refractivity contribution in [3.8, 4) is 16.9 Å². The third kappa shape index (κ3) is 3.59. The van der Waals surface area contributed by atoms with Gasteiger partial charge in [0.2, 0.25) is 0 Å². The average molecular weight is 403 g/mol. The van der Waals surface area contributed by atoms with E-state index in [0.717, 1.165) is 47.9 Å². The molecule has 3 aromatic rings. The van der Waals surface area contributed by atoms with Crippen LogP contribution in [-0.4, -0.2) is 38.3 Å². The van der Waals surface area contributed by atoms with E-state index in [-0.39, 0.29) is 12.0 Å². The third-order valence-electron chi connectivity index (χ3n) is 6.08. The smallest absolute Gasteiger partial charge is 0.258 e. The van der Waals surface area contributed by atoms with Crippen LogP contribution in [0.3, 0.4) is 0 Å². The van der Waals surface area contributed by atoms with Gasteiger partial charge < -0.3 is 14.7 Å². The zero-order valence-corrected chi connectivity index (χ0v) is 16.8. The second-order valence-electron chi connectivity index (χ2n) is 8.14. The van der Waals surface area contributed by atoms with Crippen molar-refractivity contribution >= 4 is 5.91 Å². The molecule has 1 aliphatic carbocycles. The predicted molar refractivity (Wildman–Crippen MR) is 113 cm³/mol. The molecule has 2 N–H and O–H groups in total. The van der Waals surface area contributed by atoms with Crippen LogP contribution in [-0.2, 0) is 13.1 Å². The van der Waals surface area contributed by atoms with Crippen molar-refractivity contribution in [3.05, 3.63) is 71.5 Å². The molecule has 0 saturated heterocycles. The van der Waals surface area contributed by atoms with Crippen LogP contribution >= 0.6 is 0 Å². The molecule has 6 nitrogen and oxygen atoms in total. The number of rotatable bonds is 5. The second kappa shape index (κ2) is 7.95. The van der Waals surface area contributed by atoms with Gasteiger partial charge in [-0.2, -0.15) is 5.10 Å². The number of carbonyl (C=O) groups is 1. The first-order valence-electron chi connectivity index (χ1n) is 10.5. The number of ether oxygens (including phenoxy) is 1. The van der Waals surface area contributed by atoms with E-state index in [1.54, 1.807) is 6.20 Å². The third-order valence-corrected chi connectivity index (χ3v) is 6.08. The standard InChI is InChI=1S/C24H25N3O3/c28-20-5-1-2-6-21(20)30-22-7-3-4-18-15-27(24(29)23(18)22)14-16-8-10-17(11-9-16)19-12-25-26-13-19/h3-4,7-13,20-21,28H,1-2,5-6,14-15H2,(H,25,26)/t20-,21-/m1/s1. The Labute approximate surface area is 175 Å². The van der Waals surface area contributed by atoms with Gasteiger partial charge in [-0.1, -0.05) is 42.8 Å². The molecular weight excluding hydrogens is 378 g/mol. The summed E-state index contributed by atoms with van der Waals surface area (Å²) in [4.78, 5) is 15.0. The van der Waals surface area contributed by atoms with Crippen LogP contribution in [0.5, 0.6) is 5.75 Å². The molecule has 0 unspecified atom stereocenters. The van der Waals surface area contributed by atoms with Gasteiger partial charge in [-0.3, -0.25) is 9.89 Å². The molecule has 2 heterocycles. The van der Waals surface area contributed by atoms with Gasteiger partial charge in [-0.25, -0.2) is 0 Å². The summed E-state index contributed by atoms with van der Waals surface area (Å²) >= 11 is 0. The van der Waals surface area contributed by atoms with Gasteiger partial charge in [0.05, 0.1) is 17.9 Å². The summed E-state index contributed by atoms with van der Waals surface area (Å²) in [7, 11) is 0. The van der Waals surface area contributed by atoms with Crippen LogP contribution in [0, 0.1) is 0 Å². The second-order valence-corrected chi connectivity index (χ2v) is 8.14. The number of aromatic nitrogens is 2. The Morgan fingerprint density at radius 1 is 1.10 bits per heavy atom. The number of aliphatic hydroxyl groups is 1. The van der Waals surface area contributed by atoms with Crippen LogP contribution in [0.2, 0.25) is 0 Å². The lowest BCUT2D eigenvalue weighted by Crippen LogP contribution is -2.35. The first-order chi connectivity index (χ1) is 14.7. The number of H-pyrrole nitrogens is 1. The van der Waals surface area contributed by atoms with Crippen LogP contribution in [0.15, 0.2) is 54.9 Å². The Balaban J connectivity index is 1.31. The summed E-state index contributed by atoms with van der Waals surface area (Å²) in [5, 5.41) is 17.1. The first-order valence-corrected chi connectivity index (χ1v) is 10.5. The molecule has 2 atom stereocenters. The Kier molecular flexibility index (Phi) is 5.01. The van der Waals surface area contributed by atoms with Crippen LogP contribution < -0.4 is 4.74 Å². The monoisotopic (exact) mass is 403 g/mol. The van der Waals surface area contributed by atoms with E-state index in [1.807, 2.05) is 53.6 Å². The fourth-order valence-electron chi connectivity index (χ4n) is 4.42. The zero-order chi connectivity index (χ0) is 20.5. The summed E-state index contributed by atoms with van der Waals surface area (Å²) < 4.78 is 6.13. The number of fused-ring (bicyclic) bond motifs is 1. The summed E-state index contributed by atoms with van der Waals surface area (Å²) in [5.74, 6) is 0.589. The lowest BCUT2D eigenvalue weighted by atomic mass is 9.94. The minimum Gasteiger partial charge on any atom is -0.487 e. The number of carbonyl (C=O) groups excluding carboxylic acids is 1. The molecule has 1 saturated carbocycles. The Morgan fingerprint density at radius 3 is 2.70 bits per heavy atom. The Hall–Kier alpha value is -3.12. The predicted octanol–water partition coefficient (Wildman–Crippen LogP) is 3.92. The van der Waals surface area contributed by atoms with Crippen molar-refractivity contribution in [1.29, 1.82) is 0 Å². The van der Waals surface area contributed by atoms with E-state index < -0.39 is 6.10 Å². The number of benzene rings is 2. The normalized spacial score (nSPS) is 21.0. The zero-order valence-electron chi connectivity index (χ0n) is 16.8. The van der Waals surface area contributed by atoms with E-state index in [1.165, 1.54) is 0 Å². The first kappa shape index (κ1) is 18.9. The summed E-state index contributed by atoms with van der Waals surface area (Å²) in [6.07, 6.45) is 6.62. The van der Waals surface area contributed by atoms with Crippen LogP contribution in [0.4, 0.5) is 0 Å². The summed E-state index contributed by atoms with van der Waals surface area (Å²) in [6, 6.07) is 14.0. The fraction of sp³-hybridized carbons (Fsp3) is 0.333. The number of hydrogen-bond donors (Lipinski definition) is 2. The molecule has 1 fully saturated rings. The van der Waals surface area contributed by atoms with Crippen molar-refractivity contribution in [3.63, 3.8) is 0 Å². The number of nitrogens with zero attached hydrogens (tertiary/aromatic N) is 2. The number of amides is 1. The van der Waals surface area contributed by atoms with Crippen LogP contribution in [0.1, 0.15) is 47.2 Å². The molecular formula is C24H25N3O3. The SMILES string of the molecule is O=C1c2c(cccc2O[C@@H]2CCCC[C@H]2O)CN1Cc1ccc(-c2cn[nH]c2)cc1. The number of aromatic amines is 1. The van der Waals surface area contributed by atoms with Gasteiger partial charge in [-0.05, 0) is 42.0 Å². The van der Waals surface area contributed by atoms with Crippen molar-refractivity contribution in [1.82, 2.24) is 15.1 Å². The van der Waals surface area contributed by atoms with E-state index >= 15 is 0 Å². The Morgan fingerprint density at radius 2 is 1.93 bits per heavy atom. The van der Waals surface area contributed by atoms with Crippen molar-refractivity contribution in [2.45, 2.75) is 51.0 Å². The van der Waals surface area contributed by atoms with Crippen molar-refractivity contribution < 1.29 is 14.6 Å². The summed E-state index contributed by atoms with van der Waals surface area (Å²) in [6.45, 7) is 1.12. The number of hydrogen-bond acceptors (Lipinski definition) is 4. The Bertz CT molecular complexity index is 1030. The maximum Gasteiger partial charge on any atom is 0.258 e. The average Bonchev–Trinajstić information content (AvgIpc) is 3.40. The molecule has 0 spiro atoms. The van der Waals surface area contributed by atoms with Crippen molar-refractivity contribution in [2.75, 3.05) is 0 Å². The van der Waals surface area contributed by atoms with E-state index in [0.29, 0.717) is 24.4 Å². The van der Waals surface area contributed by atoms with Gasteiger partial charge in [0.15, 0.2) is 0 Å². The maximum atomic E-state index is 13.2. The molecule has 154 valence electrons. The highest BCUT2D eigenvalue weighted by Crippen LogP contribution is 2.34. The molecule has 2 aliphatic rings. The lowest BCUT2D eigenvalue weighted by Gasteiger charge is -2.28. The highest BCUT2D eigenvalue weighted by Gasteiger charge is 2.33. The molecule has 1 aliphatic heterocycles. The maximum absolute atomic E-state index is 13.2. The van der Waals surface area contributed by atoms with Gasteiger partial charge >= 0.3 is 0 Å². The topological polar surface area (TPSA) is 78.5 Å². The van der Waals surface area contributed by atoms with Gasteiger partial charge in [0.1, 0.15) is 11.9 Å².